The third kappa shape index (κ3) is 3.90. The van der Waals surface area contributed by atoms with Gasteiger partial charge in [0.2, 0.25) is 0 Å². The summed E-state index contributed by atoms with van der Waals surface area (Å²) in [5.41, 5.74) is 1.32. The second-order valence-corrected chi connectivity index (χ2v) is 4.71. The van der Waals surface area contributed by atoms with Crippen LogP contribution in [0.4, 0.5) is 0 Å². The van der Waals surface area contributed by atoms with E-state index in [4.69, 9.17) is 4.74 Å². The van der Waals surface area contributed by atoms with Gasteiger partial charge in [0.15, 0.2) is 0 Å². The van der Waals surface area contributed by atoms with Crippen LogP contribution in [0.25, 0.3) is 0 Å². The van der Waals surface area contributed by atoms with Crippen molar-refractivity contribution in [1.82, 2.24) is 5.32 Å². The van der Waals surface area contributed by atoms with Gasteiger partial charge in [-0.15, -0.1) is 12.4 Å². The van der Waals surface area contributed by atoms with E-state index in [0.717, 1.165) is 12.3 Å². The largest absolute Gasteiger partial charge is 0.491 e. The monoisotopic (exact) mass is 255 g/mol. The summed E-state index contributed by atoms with van der Waals surface area (Å²) in [5.74, 6) is 1.04. The Morgan fingerprint density at radius 2 is 2.00 bits per heavy atom. The molecule has 0 spiro atoms. The molecule has 1 heterocycles. The van der Waals surface area contributed by atoms with Crippen LogP contribution in [0.2, 0.25) is 0 Å². The van der Waals surface area contributed by atoms with Gasteiger partial charge in [-0.2, -0.15) is 0 Å². The topological polar surface area (TPSA) is 21.3 Å². The lowest BCUT2D eigenvalue weighted by molar-refractivity contribution is 0.236. The van der Waals surface area contributed by atoms with Gasteiger partial charge in [0.05, 0.1) is 6.10 Å². The van der Waals surface area contributed by atoms with E-state index < -0.39 is 0 Å². The molecule has 0 bridgehead atoms. The van der Waals surface area contributed by atoms with Crippen LogP contribution < -0.4 is 10.1 Å². The predicted octanol–water partition coefficient (Wildman–Crippen LogP) is 3.71. The van der Waals surface area contributed by atoms with E-state index >= 15 is 0 Å². The Labute approximate surface area is 110 Å². The van der Waals surface area contributed by atoms with Gasteiger partial charge in [-0.1, -0.05) is 24.6 Å². The molecule has 1 aromatic rings. The molecule has 1 fully saturated rings. The van der Waals surface area contributed by atoms with Gasteiger partial charge in [0, 0.05) is 11.6 Å². The van der Waals surface area contributed by atoms with Gasteiger partial charge in [-0.05, 0) is 39.3 Å². The highest BCUT2D eigenvalue weighted by Crippen LogP contribution is 2.30. The minimum absolute atomic E-state index is 0. The Bertz CT molecular complexity index is 335. The van der Waals surface area contributed by atoms with Gasteiger partial charge in [-0.25, -0.2) is 0 Å². The Kier molecular flexibility index (Phi) is 5.79. The maximum absolute atomic E-state index is 5.86. The van der Waals surface area contributed by atoms with E-state index in [2.05, 4.69) is 37.4 Å². The SMILES string of the molecule is CC(C)Oc1ccccc1[C@H]1CCCCN1.Cl. The van der Waals surface area contributed by atoms with Crippen molar-refractivity contribution in [1.29, 1.82) is 0 Å². The molecule has 1 aromatic carbocycles. The van der Waals surface area contributed by atoms with Crippen molar-refractivity contribution < 1.29 is 4.74 Å². The number of rotatable bonds is 3. The second kappa shape index (κ2) is 6.87. The highest BCUT2D eigenvalue weighted by molar-refractivity contribution is 5.85. The molecule has 0 aromatic heterocycles. The second-order valence-electron chi connectivity index (χ2n) is 4.71. The van der Waals surface area contributed by atoms with Crippen LogP contribution in [0.15, 0.2) is 24.3 Å². The van der Waals surface area contributed by atoms with Gasteiger partial charge < -0.3 is 10.1 Å². The number of ether oxygens (including phenoxy) is 1. The van der Waals surface area contributed by atoms with Crippen molar-refractivity contribution in [2.45, 2.75) is 45.3 Å². The molecular formula is C14H22ClNO. The number of hydrogen-bond acceptors (Lipinski definition) is 2. The Morgan fingerprint density at radius 3 is 2.65 bits per heavy atom. The average molecular weight is 256 g/mol. The van der Waals surface area contributed by atoms with Crippen molar-refractivity contribution in [3.63, 3.8) is 0 Å². The fourth-order valence-corrected chi connectivity index (χ4v) is 2.25. The minimum atomic E-state index is 0. The third-order valence-electron chi connectivity index (χ3n) is 2.97. The van der Waals surface area contributed by atoms with Crippen molar-refractivity contribution in [3.05, 3.63) is 29.8 Å². The molecule has 1 N–H and O–H groups in total. The van der Waals surface area contributed by atoms with Crippen LogP contribution in [0.3, 0.4) is 0 Å². The van der Waals surface area contributed by atoms with E-state index in [0.29, 0.717) is 6.04 Å². The molecule has 0 radical (unpaired) electrons. The Morgan fingerprint density at radius 1 is 1.24 bits per heavy atom. The van der Waals surface area contributed by atoms with Gasteiger partial charge in [0.1, 0.15) is 5.75 Å². The lowest BCUT2D eigenvalue weighted by Gasteiger charge is -2.26. The summed E-state index contributed by atoms with van der Waals surface area (Å²) in [6.07, 6.45) is 4.07. The molecule has 2 rings (SSSR count). The van der Waals surface area contributed by atoms with Crippen molar-refractivity contribution in [2.75, 3.05) is 6.54 Å². The zero-order valence-corrected chi connectivity index (χ0v) is 11.4. The van der Waals surface area contributed by atoms with Crippen LogP contribution in [-0.2, 0) is 0 Å². The van der Waals surface area contributed by atoms with E-state index in [9.17, 15) is 0 Å². The zero-order valence-electron chi connectivity index (χ0n) is 10.6. The fourth-order valence-electron chi connectivity index (χ4n) is 2.25. The molecular weight excluding hydrogens is 234 g/mol. The molecule has 1 saturated heterocycles. The zero-order chi connectivity index (χ0) is 11.4. The summed E-state index contributed by atoms with van der Waals surface area (Å²) in [6, 6.07) is 8.87. The summed E-state index contributed by atoms with van der Waals surface area (Å²) in [5, 5.41) is 3.57. The molecule has 1 atom stereocenters. The lowest BCUT2D eigenvalue weighted by Crippen LogP contribution is -2.27. The maximum atomic E-state index is 5.86. The average Bonchev–Trinajstić information content (AvgIpc) is 2.30. The minimum Gasteiger partial charge on any atom is -0.491 e. The summed E-state index contributed by atoms with van der Waals surface area (Å²) >= 11 is 0. The first-order valence-corrected chi connectivity index (χ1v) is 6.26. The number of nitrogens with one attached hydrogen (secondary N) is 1. The molecule has 1 aliphatic rings. The molecule has 1 aliphatic heterocycles. The van der Waals surface area contributed by atoms with Crippen molar-refractivity contribution in [3.8, 4) is 5.75 Å². The van der Waals surface area contributed by atoms with Crippen LogP contribution in [0.1, 0.15) is 44.7 Å². The van der Waals surface area contributed by atoms with E-state index in [-0.39, 0.29) is 18.5 Å². The van der Waals surface area contributed by atoms with Crippen LogP contribution >= 0.6 is 12.4 Å². The van der Waals surface area contributed by atoms with Crippen molar-refractivity contribution in [2.24, 2.45) is 0 Å². The van der Waals surface area contributed by atoms with Crippen LogP contribution in [-0.4, -0.2) is 12.6 Å². The maximum Gasteiger partial charge on any atom is 0.124 e. The molecule has 0 unspecified atom stereocenters. The summed E-state index contributed by atoms with van der Waals surface area (Å²) < 4.78 is 5.86. The molecule has 0 saturated carbocycles. The molecule has 0 aliphatic carbocycles. The summed E-state index contributed by atoms with van der Waals surface area (Å²) in [7, 11) is 0. The van der Waals surface area contributed by atoms with Crippen LogP contribution in [0, 0.1) is 0 Å². The molecule has 17 heavy (non-hydrogen) atoms. The molecule has 3 heteroatoms. The number of benzene rings is 1. The first-order chi connectivity index (χ1) is 7.77. The lowest BCUT2D eigenvalue weighted by atomic mass is 9.97. The number of para-hydroxylation sites is 1. The number of hydrogen-bond donors (Lipinski definition) is 1. The molecule has 0 amide bonds. The molecule has 96 valence electrons. The number of halogens is 1. The third-order valence-corrected chi connectivity index (χ3v) is 2.97. The first-order valence-electron chi connectivity index (χ1n) is 6.26. The smallest absolute Gasteiger partial charge is 0.124 e. The quantitative estimate of drug-likeness (QED) is 0.889. The van der Waals surface area contributed by atoms with Gasteiger partial charge in [0.25, 0.3) is 0 Å². The van der Waals surface area contributed by atoms with Crippen LogP contribution in [0.5, 0.6) is 5.75 Å². The van der Waals surface area contributed by atoms with E-state index in [1.54, 1.807) is 0 Å². The van der Waals surface area contributed by atoms with E-state index in [1.807, 2.05) is 6.07 Å². The fraction of sp³-hybridized carbons (Fsp3) is 0.571. The standard InChI is InChI=1S/C14H21NO.ClH/c1-11(2)16-14-9-4-3-7-12(14)13-8-5-6-10-15-13;/h3-4,7,9,11,13,15H,5-6,8,10H2,1-2H3;1H/t13-;/m1./s1. The predicted molar refractivity (Wildman–Crippen MR) is 74.0 cm³/mol. The van der Waals surface area contributed by atoms with Gasteiger partial charge in [-0.3, -0.25) is 0 Å². The summed E-state index contributed by atoms with van der Waals surface area (Å²) in [6.45, 7) is 5.27. The highest BCUT2D eigenvalue weighted by Gasteiger charge is 2.18. The summed E-state index contributed by atoms with van der Waals surface area (Å²) in [4.78, 5) is 0. The van der Waals surface area contributed by atoms with Crippen molar-refractivity contribution >= 4 is 12.4 Å². The number of piperidine rings is 1. The Hall–Kier alpha value is -0.730. The molecule has 2 nitrogen and oxygen atoms in total. The highest BCUT2D eigenvalue weighted by atomic mass is 35.5. The Balaban J connectivity index is 0.00000144. The van der Waals surface area contributed by atoms with Gasteiger partial charge >= 0.3 is 0 Å². The van der Waals surface area contributed by atoms with E-state index in [1.165, 1.54) is 24.8 Å². The first kappa shape index (κ1) is 14.3. The normalized spacial score (nSPS) is 19.8.